The van der Waals surface area contributed by atoms with E-state index in [9.17, 15) is 24.4 Å². The highest BCUT2D eigenvalue weighted by Gasteiger charge is 2.35. The van der Waals surface area contributed by atoms with E-state index in [0.29, 0.717) is 0 Å². The minimum Gasteiger partial charge on any atom is -0.479 e. The second-order valence-corrected chi connectivity index (χ2v) is 4.52. The first-order valence-corrected chi connectivity index (χ1v) is 5.92. The normalized spacial score (nSPS) is 21.9. The van der Waals surface area contributed by atoms with E-state index in [1.54, 1.807) is 0 Å². The summed E-state index contributed by atoms with van der Waals surface area (Å²) in [7, 11) is 0. The van der Waals surface area contributed by atoms with Crippen LogP contribution in [-0.2, 0) is 4.79 Å². The summed E-state index contributed by atoms with van der Waals surface area (Å²) in [6, 6.07) is 2.84. The van der Waals surface area contributed by atoms with Crippen molar-refractivity contribution in [2.45, 2.75) is 19.1 Å². The summed E-state index contributed by atoms with van der Waals surface area (Å²) in [5, 5.41) is 20.6. The van der Waals surface area contributed by atoms with E-state index < -0.39 is 22.9 Å². The Kier molecular flexibility index (Phi) is 3.84. The predicted octanol–water partition coefficient (Wildman–Crippen LogP) is 0.704. The van der Waals surface area contributed by atoms with Crippen LogP contribution >= 0.6 is 0 Å². The molecule has 1 aliphatic rings. The van der Waals surface area contributed by atoms with Crippen LogP contribution in [0, 0.1) is 15.9 Å². The van der Waals surface area contributed by atoms with Crippen LogP contribution < -0.4 is 4.74 Å². The zero-order valence-corrected chi connectivity index (χ0v) is 10.7. The molecule has 1 aliphatic heterocycles. The number of hydrogen-bond donors (Lipinski definition) is 1. The van der Waals surface area contributed by atoms with E-state index >= 15 is 0 Å². The number of aliphatic hydroxyl groups is 1. The minimum atomic E-state index is -0.971. The van der Waals surface area contributed by atoms with E-state index in [2.05, 4.69) is 0 Å². The average Bonchev–Trinajstić information content (AvgIpc) is 2.71. The molecule has 1 fully saturated rings. The molecular formula is C12H13FN2O5. The van der Waals surface area contributed by atoms with Gasteiger partial charge in [-0.2, -0.15) is 0 Å². The molecule has 1 aromatic rings. The monoisotopic (exact) mass is 284 g/mol. The Morgan fingerprint density at radius 2 is 2.25 bits per heavy atom. The average molecular weight is 284 g/mol. The summed E-state index contributed by atoms with van der Waals surface area (Å²) in [6.45, 7) is 1.53. The van der Waals surface area contributed by atoms with Gasteiger partial charge in [0.25, 0.3) is 0 Å². The number of rotatable bonds is 3. The maximum Gasteiger partial charge on any atom is 0.311 e. The number of ether oxygens (including phenoxy) is 1. The summed E-state index contributed by atoms with van der Waals surface area (Å²) in [5.41, 5.74) is -0.389. The van der Waals surface area contributed by atoms with Crippen LogP contribution in [0.1, 0.15) is 6.92 Å². The molecule has 8 heteroatoms. The maximum atomic E-state index is 13.2. The number of carbonyl (C=O) groups excluding carboxylic acids is 1. The number of hydrogen-bond acceptors (Lipinski definition) is 5. The molecule has 7 nitrogen and oxygen atoms in total. The number of β-amino-alcohol motifs (C(OH)–C–C–N with tert-alkyl or cyclic N) is 1. The fourth-order valence-corrected chi connectivity index (χ4v) is 2.03. The van der Waals surface area contributed by atoms with Crippen molar-refractivity contribution in [3.05, 3.63) is 34.1 Å². The third-order valence-corrected chi connectivity index (χ3v) is 3.08. The predicted molar refractivity (Wildman–Crippen MR) is 65.7 cm³/mol. The van der Waals surface area contributed by atoms with Crippen LogP contribution in [-0.4, -0.2) is 46.1 Å². The largest absolute Gasteiger partial charge is 0.479 e. The highest BCUT2D eigenvalue weighted by molar-refractivity contribution is 5.73. The summed E-state index contributed by atoms with van der Waals surface area (Å²) >= 11 is 0. The molecule has 0 aliphatic carbocycles. The Morgan fingerprint density at radius 3 is 2.80 bits per heavy atom. The number of amides is 1. The van der Waals surface area contributed by atoms with Gasteiger partial charge in [-0.15, -0.1) is 0 Å². The van der Waals surface area contributed by atoms with E-state index in [1.165, 1.54) is 11.8 Å². The number of likely N-dealkylation sites (tertiary alicyclic amines) is 1. The van der Waals surface area contributed by atoms with Gasteiger partial charge in [0.05, 0.1) is 18.0 Å². The lowest BCUT2D eigenvalue weighted by Gasteiger charge is -2.16. The molecule has 2 atom stereocenters. The molecule has 1 aromatic carbocycles. The van der Waals surface area contributed by atoms with Crippen molar-refractivity contribution in [1.82, 2.24) is 4.90 Å². The fourth-order valence-electron chi connectivity index (χ4n) is 2.03. The van der Waals surface area contributed by atoms with Crippen molar-refractivity contribution in [2.24, 2.45) is 0 Å². The minimum absolute atomic E-state index is 0.0864. The van der Waals surface area contributed by atoms with Gasteiger partial charge < -0.3 is 14.7 Å². The van der Waals surface area contributed by atoms with Gasteiger partial charge in [-0.3, -0.25) is 14.9 Å². The third kappa shape index (κ3) is 2.85. The van der Waals surface area contributed by atoms with Crippen LogP contribution in [0.5, 0.6) is 5.75 Å². The highest BCUT2D eigenvalue weighted by atomic mass is 19.1. The van der Waals surface area contributed by atoms with Crippen molar-refractivity contribution in [3.63, 3.8) is 0 Å². The van der Waals surface area contributed by atoms with Crippen molar-refractivity contribution in [2.75, 3.05) is 13.1 Å². The van der Waals surface area contributed by atoms with Gasteiger partial charge in [0.2, 0.25) is 5.91 Å². The summed E-state index contributed by atoms with van der Waals surface area (Å²) in [4.78, 5) is 22.7. The zero-order valence-electron chi connectivity index (χ0n) is 10.7. The fraction of sp³-hybridized carbons (Fsp3) is 0.417. The number of nitro benzene ring substituents is 1. The molecule has 1 N–H and O–H groups in total. The van der Waals surface area contributed by atoms with Crippen molar-refractivity contribution in [3.8, 4) is 5.75 Å². The first kappa shape index (κ1) is 14.2. The number of benzene rings is 1. The molecule has 0 unspecified atom stereocenters. The molecular weight excluding hydrogens is 271 g/mol. The SMILES string of the molecule is CC(=O)N1C[C@H](Oc2cc(F)ccc2[N+](=O)[O-])[C@@H](O)C1. The van der Waals surface area contributed by atoms with Crippen molar-refractivity contribution >= 4 is 11.6 Å². The molecule has 108 valence electrons. The number of nitrogens with zero attached hydrogens (tertiary/aromatic N) is 2. The number of nitro groups is 1. The first-order valence-electron chi connectivity index (χ1n) is 5.92. The molecule has 1 heterocycles. The Labute approximate surface area is 113 Å². The second kappa shape index (κ2) is 5.41. The lowest BCUT2D eigenvalue weighted by atomic mass is 10.2. The second-order valence-electron chi connectivity index (χ2n) is 4.52. The highest BCUT2D eigenvalue weighted by Crippen LogP contribution is 2.30. The lowest BCUT2D eigenvalue weighted by molar-refractivity contribution is -0.386. The Morgan fingerprint density at radius 1 is 1.55 bits per heavy atom. The topological polar surface area (TPSA) is 92.9 Å². The Balaban J connectivity index is 2.20. The van der Waals surface area contributed by atoms with Gasteiger partial charge in [0.1, 0.15) is 18.0 Å². The van der Waals surface area contributed by atoms with E-state index in [1.807, 2.05) is 0 Å². The van der Waals surface area contributed by atoms with Gasteiger partial charge in [0, 0.05) is 19.1 Å². The molecule has 20 heavy (non-hydrogen) atoms. The Bertz CT molecular complexity index is 551. The van der Waals surface area contributed by atoms with Crippen molar-refractivity contribution < 1.29 is 24.0 Å². The van der Waals surface area contributed by atoms with Crippen LogP contribution in [0.4, 0.5) is 10.1 Å². The van der Waals surface area contributed by atoms with Gasteiger partial charge >= 0.3 is 5.69 Å². The standard InChI is InChI=1S/C12H13FN2O5/c1-7(16)14-5-10(17)12(6-14)20-11-4-8(13)2-3-9(11)15(18)19/h2-4,10,12,17H,5-6H2,1H3/t10-,12-/m0/s1. The molecule has 0 bridgehead atoms. The number of aliphatic hydroxyl groups excluding tert-OH is 1. The van der Waals surface area contributed by atoms with Gasteiger partial charge in [-0.1, -0.05) is 0 Å². The summed E-state index contributed by atoms with van der Waals surface area (Å²) in [6.07, 6.45) is -1.79. The van der Waals surface area contributed by atoms with Crippen LogP contribution in [0.25, 0.3) is 0 Å². The zero-order chi connectivity index (χ0) is 14.9. The van der Waals surface area contributed by atoms with E-state index in [4.69, 9.17) is 4.74 Å². The quantitative estimate of drug-likeness (QED) is 0.651. The Hall–Kier alpha value is -2.22. The van der Waals surface area contributed by atoms with Crippen LogP contribution in [0.3, 0.4) is 0 Å². The molecule has 0 spiro atoms. The smallest absolute Gasteiger partial charge is 0.311 e. The van der Waals surface area contributed by atoms with Crippen molar-refractivity contribution in [1.29, 1.82) is 0 Å². The van der Waals surface area contributed by atoms with Gasteiger partial charge in [-0.25, -0.2) is 4.39 Å². The third-order valence-electron chi connectivity index (χ3n) is 3.08. The van der Waals surface area contributed by atoms with Gasteiger partial charge in [0.15, 0.2) is 5.75 Å². The maximum absolute atomic E-state index is 13.2. The molecule has 1 amide bonds. The summed E-state index contributed by atoms with van der Waals surface area (Å²) < 4.78 is 18.5. The van der Waals surface area contributed by atoms with Crippen LogP contribution in [0.15, 0.2) is 18.2 Å². The number of carbonyl (C=O) groups is 1. The summed E-state index contributed by atoms with van der Waals surface area (Å²) in [5.74, 6) is -1.17. The molecule has 0 saturated carbocycles. The molecule has 2 rings (SSSR count). The molecule has 1 saturated heterocycles. The van der Waals surface area contributed by atoms with E-state index in [0.717, 1.165) is 18.2 Å². The van der Waals surface area contributed by atoms with Gasteiger partial charge in [-0.05, 0) is 6.07 Å². The first-order chi connectivity index (χ1) is 9.38. The molecule has 0 aromatic heterocycles. The molecule has 0 radical (unpaired) electrons. The van der Waals surface area contributed by atoms with Crippen LogP contribution in [0.2, 0.25) is 0 Å². The number of halogens is 1. The van der Waals surface area contributed by atoms with E-state index in [-0.39, 0.29) is 30.4 Å². The lowest BCUT2D eigenvalue weighted by Crippen LogP contribution is -2.30.